The fraction of sp³-hybridized carbons (Fsp3) is 0.238. The molecule has 144 valence electrons. The van der Waals surface area contributed by atoms with E-state index in [-0.39, 0.29) is 22.6 Å². The number of ether oxygens (including phenoxy) is 1. The summed E-state index contributed by atoms with van der Waals surface area (Å²) in [5.41, 5.74) is 1.47. The second kappa shape index (κ2) is 7.64. The van der Waals surface area contributed by atoms with Crippen LogP contribution in [0.2, 0.25) is 0 Å². The highest BCUT2D eigenvalue weighted by Gasteiger charge is 2.33. The molecule has 0 saturated carbocycles. The fourth-order valence-corrected chi connectivity index (χ4v) is 3.01. The summed E-state index contributed by atoms with van der Waals surface area (Å²) >= 11 is 0. The molecule has 0 saturated heterocycles. The number of carbonyl (C=O) groups is 4. The van der Waals surface area contributed by atoms with Gasteiger partial charge in [-0.2, -0.15) is 0 Å². The van der Waals surface area contributed by atoms with Gasteiger partial charge in [-0.1, -0.05) is 30.3 Å². The third-order valence-corrected chi connectivity index (χ3v) is 4.60. The van der Waals surface area contributed by atoms with E-state index >= 15 is 0 Å². The predicted octanol–water partition coefficient (Wildman–Crippen LogP) is 2.12. The molecule has 1 atom stereocenters. The molecular formula is C21H20N2O5. The number of nitrogens with zero attached hydrogens (tertiary/aromatic N) is 2. The van der Waals surface area contributed by atoms with Gasteiger partial charge in [0.05, 0.1) is 16.7 Å². The zero-order valence-electron chi connectivity index (χ0n) is 15.8. The molecule has 1 aliphatic rings. The monoisotopic (exact) mass is 380 g/mol. The summed E-state index contributed by atoms with van der Waals surface area (Å²) in [5, 5.41) is 0. The van der Waals surface area contributed by atoms with Crippen LogP contribution in [0.1, 0.15) is 43.6 Å². The number of fused-ring (bicyclic) bond motifs is 1. The Morgan fingerprint density at radius 3 is 2.36 bits per heavy atom. The second-order valence-electron chi connectivity index (χ2n) is 6.66. The first-order valence-corrected chi connectivity index (χ1v) is 8.76. The molecule has 0 radical (unpaired) electrons. The molecule has 7 nitrogen and oxygen atoms in total. The van der Waals surface area contributed by atoms with Crippen LogP contribution in [0.5, 0.6) is 0 Å². The van der Waals surface area contributed by atoms with Crippen molar-refractivity contribution in [3.8, 4) is 0 Å². The Bertz CT molecular complexity index is 955. The summed E-state index contributed by atoms with van der Waals surface area (Å²) in [6, 6.07) is 13.6. The average molecular weight is 380 g/mol. The average Bonchev–Trinajstić information content (AvgIpc) is 2.91. The third-order valence-electron chi connectivity index (χ3n) is 4.60. The van der Waals surface area contributed by atoms with Crippen molar-refractivity contribution in [2.75, 3.05) is 14.1 Å². The minimum atomic E-state index is -0.991. The van der Waals surface area contributed by atoms with Gasteiger partial charge in [-0.25, -0.2) is 4.79 Å². The molecule has 1 heterocycles. The summed E-state index contributed by atoms with van der Waals surface area (Å²) in [5.74, 6) is -1.96. The van der Waals surface area contributed by atoms with Crippen LogP contribution in [0, 0.1) is 0 Å². The Morgan fingerprint density at radius 1 is 1.04 bits per heavy atom. The van der Waals surface area contributed by atoms with E-state index in [1.165, 1.54) is 37.1 Å². The number of rotatable bonds is 5. The number of hydrogen-bond donors (Lipinski definition) is 0. The molecule has 3 rings (SSSR count). The Hall–Kier alpha value is -3.48. The van der Waals surface area contributed by atoms with Gasteiger partial charge in [-0.05, 0) is 30.7 Å². The van der Waals surface area contributed by atoms with Crippen molar-refractivity contribution in [3.63, 3.8) is 0 Å². The summed E-state index contributed by atoms with van der Waals surface area (Å²) in [4.78, 5) is 51.3. The molecule has 0 N–H and O–H groups in total. The number of imide groups is 1. The molecule has 0 fully saturated rings. The van der Waals surface area contributed by atoms with E-state index < -0.39 is 23.9 Å². The van der Waals surface area contributed by atoms with Gasteiger partial charge in [0.2, 0.25) is 0 Å². The maximum Gasteiger partial charge on any atom is 0.338 e. The van der Waals surface area contributed by atoms with Gasteiger partial charge in [0.1, 0.15) is 0 Å². The molecule has 0 aliphatic carbocycles. The standard InChI is InChI=1S/C21H20N2O5/c1-13(18(24)22(2)12-14-7-5-4-6-8-14)28-21(27)15-9-10-16-17(11-15)20(26)23(3)19(16)25/h4-11,13H,12H2,1-3H3. The maximum atomic E-state index is 12.5. The van der Waals surface area contributed by atoms with Gasteiger partial charge >= 0.3 is 5.97 Å². The number of esters is 1. The highest BCUT2D eigenvalue weighted by atomic mass is 16.5. The normalized spacial score (nSPS) is 13.9. The van der Waals surface area contributed by atoms with Crippen molar-refractivity contribution in [2.24, 2.45) is 0 Å². The number of likely N-dealkylation sites (N-methyl/N-ethyl adjacent to an activating group) is 1. The van der Waals surface area contributed by atoms with Crippen LogP contribution < -0.4 is 0 Å². The summed E-state index contributed by atoms with van der Waals surface area (Å²) < 4.78 is 5.27. The van der Waals surface area contributed by atoms with E-state index in [9.17, 15) is 19.2 Å². The van der Waals surface area contributed by atoms with Crippen LogP contribution in [-0.2, 0) is 16.1 Å². The van der Waals surface area contributed by atoms with Crippen LogP contribution in [0.25, 0.3) is 0 Å². The predicted molar refractivity (Wildman–Crippen MR) is 101 cm³/mol. The molecule has 3 amide bonds. The quantitative estimate of drug-likeness (QED) is 0.586. The highest BCUT2D eigenvalue weighted by Crippen LogP contribution is 2.23. The van der Waals surface area contributed by atoms with E-state index in [0.29, 0.717) is 6.54 Å². The summed E-state index contributed by atoms with van der Waals surface area (Å²) in [6.45, 7) is 1.89. The Kier molecular flexibility index (Phi) is 5.26. The summed E-state index contributed by atoms with van der Waals surface area (Å²) in [6.07, 6.45) is -0.991. The minimum absolute atomic E-state index is 0.112. The van der Waals surface area contributed by atoms with Gasteiger partial charge < -0.3 is 9.64 Å². The number of carbonyl (C=O) groups excluding carboxylic acids is 4. The lowest BCUT2D eigenvalue weighted by molar-refractivity contribution is -0.139. The maximum absolute atomic E-state index is 12.5. The minimum Gasteiger partial charge on any atom is -0.449 e. The van der Waals surface area contributed by atoms with E-state index in [2.05, 4.69) is 0 Å². The lowest BCUT2D eigenvalue weighted by atomic mass is 10.1. The van der Waals surface area contributed by atoms with Crippen LogP contribution >= 0.6 is 0 Å². The van der Waals surface area contributed by atoms with Gasteiger partial charge in [0.15, 0.2) is 6.10 Å². The van der Waals surface area contributed by atoms with E-state index in [1.54, 1.807) is 7.05 Å². The molecular weight excluding hydrogens is 360 g/mol. The third kappa shape index (κ3) is 3.64. The van der Waals surface area contributed by atoms with Crippen molar-refractivity contribution in [1.29, 1.82) is 0 Å². The molecule has 2 aromatic rings. The first-order chi connectivity index (χ1) is 13.3. The van der Waals surface area contributed by atoms with E-state index in [4.69, 9.17) is 4.74 Å². The molecule has 1 aliphatic heterocycles. The zero-order valence-corrected chi connectivity index (χ0v) is 15.8. The summed E-state index contributed by atoms with van der Waals surface area (Å²) in [7, 11) is 3.02. The van der Waals surface area contributed by atoms with Gasteiger partial charge in [0.25, 0.3) is 17.7 Å². The van der Waals surface area contributed by atoms with Crippen LogP contribution in [-0.4, -0.2) is 53.7 Å². The van der Waals surface area contributed by atoms with Crippen LogP contribution in [0.4, 0.5) is 0 Å². The fourth-order valence-electron chi connectivity index (χ4n) is 3.01. The van der Waals surface area contributed by atoms with Crippen molar-refractivity contribution in [2.45, 2.75) is 19.6 Å². The first kappa shape index (κ1) is 19.3. The number of amides is 3. The molecule has 28 heavy (non-hydrogen) atoms. The molecule has 1 unspecified atom stereocenters. The van der Waals surface area contributed by atoms with E-state index in [1.807, 2.05) is 30.3 Å². The molecule has 0 spiro atoms. The molecule has 0 bridgehead atoms. The topological polar surface area (TPSA) is 84.0 Å². The SMILES string of the molecule is CC(OC(=O)c1ccc2c(c1)C(=O)N(C)C2=O)C(=O)N(C)Cc1ccccc1. The first-order valence-electron chi connectivity index (χ1n) is 8.76. The second-order valence-corrected chi connectivity index (χ2v) is 6.66. The zero-order chi connectivity index (χ0) is 20.4. The Morgan fingerprint density at radius 2 is 1.68 bits per heavy atom. The van der Waals surface area contributed by atoms with Crippen molar-refractivity contribution < 1.29 is 23.9 Å². The highest BCUT2D eigenvalue weighted by molar-refractivity contribution is 6.21. The van der Waals surface area contributed by atoms with Gasteiger partial charge in [-0.3, -0.25) is 19.3 Å². The lowest BCUT2D eigenvalue weighted by Crippen LogP contribution is -2.37. The van der Waals surface area contributed by atoms with E-state index in [0.717, 1.165) is 10.5 Å². The number of hydrogen-bond acceptors (Lipinski definition) is 5. The molecule has 7 heteroatoms. The Balaban J connectivity index is 1.67. The van der Waals surface area contributed by atoms with Crippen molar-refractivity contribution in [3.05, 3.63) is 70.8 Å². The Labute approximate surface area is 162 Å². The van der Waals surface area contributed by atoms with Gasteiger partial charge in [0, 0.05) is 20.6 Å². The number of benzene rings is 2. The molecule has 2 aromatic carbocycles. The largest absolute Gasteiger partial charge is 0.449 e. The van der Waals surface area contributed by atoms with Crippen LogP contribution in [0.3, 0.4) is 0 Å². The van der Waals surface area contributed by atoms with Crippen LogP contribution in [0.15, 0.2) is 48.5 Å². The lowest BCUT2D eigenvalue weighted by Gasteiger charge is -2.21. The van der Waals surface area contributed by atoms with Gasteiger partial charge in [-0.15, -0.1) is 0 Å². The molecule has 0 aromatic heterocycles. The van der Waals surface area contributed by atoms with Crippen molar-refractivity contribution in [1.82, 2.24) is 9.80 Å². The van der Waals surface area contributed by atoms with Crippen molar-refractivity contribution >= 4 is 23.7 Å². The smallest absolute Gasteiger partial charge is 0.338 e.